The minimum absolute atomic E-state index is 0.186. The van der Waals surface area contributed by atoms with Gasteiger partial charge in [-0.2, -0.15) is 0 Å². The normalized spacial score (nSPS) is 13.9. The van der Waals surface area contributed by atoms with Gasteiger partial charge in [0.25, 0.3) is 5.91 Å². The molecule has 0 unspecified atom stereocenters. The van der Waals surface area contributed by atoms with E-state index in [1.165, 1.54) is 41.7 Å². The molecule has 0 radical (unpaired) electrons. The highest BCUT2D eigenvalue weighted by Gasteiger charge is 2.20. The summed E-state index contributed by atoms with van der Waals surface area (Å²) >= 11 is 1.40. The van der Waals surface area contributed by atoms with E-state index in [2.05, 4.69) is 47.4 Å². The van der Waals surface area contributed by atoms with Crippen molar-refractivity contribution < 1.29 is 14.2 Å². The van der Waals surface area contributed by atoms with Crippen LogP contribution in [0, 0.1) is 20.8 Å². The van der Waals surface area contributed by atoms with Crippen LogP contribution in [-0.2, 0) is 6.61 Å². The Labute approximate surface area is 202 Å². The Morgan fingerprint density at radius 3 is 2.71 bits per heavy atom. The zero-order valence-corrected chi connectivity index (χ0v) is 20.5. The molecule has 0 spiro atoms. The molecule has 7 nitrogen and oxygen atoms in total. The Morgan fingerprint density at radius 1 is 1.09 bits per heavy atom. The third-order valence-electron chi connectivity index (χ3n) is 6.38. The van der Waals surface area contributed by atoms with Crippen molar-refractivity contribution in [3.63, 3.8) is 0 Å². The summed E-state index contributed by atoms with van der Waals surface area (Å²) in [6, 6.07) is 9.95. The van der Waals surface area contributed by atoms with Gasteiger partial charge in [-0.05, 0) is 96.7 Å². The number of rotatable bonds is 6. The SMILES string of the molecule is Cc1cc(C)c(C)c(OCc2csc(C(=O)Nc3ccc(N4CCCCC4)c4nonc34)c2)c1. The number of aryl methyl sites for hydroxylation is 2. The summed E-state index contributed by atoms with van der Waals surface area (Å²) in [5.74, 6) is 0.693. The molecule has 5 rings (SSSR count). The summed E-state index contributed by atoms with van der Waals surface area (Å²) in [7, 11) is 0. The number of aromatic nitrogens is 2. The van der Waals surface area contributed by atoms with Crippen molar-refractivity contribution >= 4 is 39.7 Å². The maximum absolute atomic E-state index is 13.0. The highest BCUT2D eigenvalue weighted by Crippen LogP contribution is 2.32. The lowest BCUT2D eigenvalue weighted by Gasteiger charge is -2.28. The molecule has 8 heteroatoms. The molecule has 176 valence electrons. The Hall–Kier alpha value is -3.39. The van der Waals surface area contributed by atoms with Gasteiger partial charge in [0.1, 0.15) is 12.4 Å². The number of fused-ring (bicyclic) bond motifs is 1. The number of hydrogen-bond donors (Lipinski definition) is 1. The van der Waals surface area contributed by atoms with E-state index in [4.69, 9.17) is 9.37 Å². The van der Waals surface area contributed by atoms with Crippen LogP contribution in [-0.4, -0.2) is 29.3 Å². The van der Waals surface area contributed by atoms with Gasteiger partial charge in [0.15, 0.2) is 11.0 Å². The number of hydrogen-bond acceptors (Lipinski definition) is 7. The number of carbonyl (C=O) groups is 1. The van der Waals surface area contributed by atoms with Gasteiger partial charge < -0.3 is 15.0 Å². The fourth-order valence-corrected chi connectivity index (χ4v) is 5.20. The van der Waals surface area contributed by atoms with E-state index in [0.29, 0.717) is 28.2 Å². The Bertz CT molecular complexity index is 1340. The molecule has 3 heterocycles. The van der Waals surface area contributed by atoms with E-state index in [1.807, 2.05) is 29.6 Å². The maximum Gasteiger partial charge on any atom is 0.265 e. The topological polar surface area (TPSA) is 80.5 Å². The van der Waals surface area contributed by atoms with Crippen LogP contribution >= 0.6 is 11.3 Å². The average molecular weight is 477 g/mol. The third kappa shape index (κ3) is 4.50. The first-order valence-electron chi connectivity index (χ1n) is 11.6. The molecule has 2 aromatic heterocycles. The highest BCUT2D eigenvalue weighted by molar-refractivity contribution is 7.12. The predicted molar refractivity (Wildman–Crippen MR) is 135 cm³/mol. The molecule has 0 atom stereocenters. The minimum Gasteiger partial charge on any atom is -0.489 e. The molecular weight excluding hydrogens is 448 g/mol. The number of benzene rings is 2. The zero-order chi connectivity index (χ0) is 23.7. The second-order valence-corrected chi connectivity index (χ2v) is 9.82. The van der Waals surface area contributed by atoms with Crippen LogP contribution in [0.4, 0.5) is 11.4 Å². The molecule has 1 amide bonds. The molecule has 1 fully saturated rings. The monoisotopic (exact) mass is 476 g/mol. The molecule has 0 bridgehead atoms. The van der Waals surface area contributed by atoms with Crippen LogP contribution in [0.1, 0.15) is 51.2 Å². The molecule has 4 aromatic rings. The van der Waals surface area contributed by atoms with Crippen LogP contribution in [0.25, 0.3) is 11.0 Å². The number of anilines is 2. The lowest BCUT2D eigenvalue weighted by atomic mass is 10.1. The van der Waals surface area contributed by atoms with Crippen LogP contribution in [0.5, 0.6) is 5.75 Å². The minimum atomic E-state index is -0.186. The molecule has 34 heavy (non-hydrogen) atoms. The summed E-state index contributed by atoms with van der Waals surface area (Å²) in [5, 5.41) is 13.1. The molecule has 0 saturated carbocycles. The van der Waals surface area contributed by atoms with E-state index in [-0.39, 0.29) is 5.91 Å². The van der Waals surface area contributed by atoms with E-state index in [1.54, 1.807) is 0 Å². The number of ether oxygens (including phenoxy) is 1. The summed E-state index contributed by atoms with van der Waals surface area (Å²) in [6.45, 7) is 8.61. The lowest BCUT2D eigenvalue weighted by Crippen LogP contribution is -2.29. The first-order valence-corrected chi connectivity index (χ1v) is 12.5. The molecule has 1 saturated heterocycles. The van der Waals surface area contributed by atoms with Crippen molar-refractivity contribution in [2.75, 3.05) is 23.3 Å². The standard InChI is InChI=1S/C26H28N4O3S/c1-16-11-17(2)18(3)22(12-16)32-14-19-13-23(34-15-19)26(31)27-20-7-8-21(25-24(20)28-33-29-25)30-9-5-4-6-10-30/h7-8,11-13,15H,4-6,9-10,14H2,1-3H3,(H,27,31). The summed E-state index contributed by atoms with van der Waals surface area (Å²) in [4.78, 5) is 15.9. The molecular formula is C26H28N4O3S. The summed E-state index contributed by atoms with van der Waals surface area (Å²) in [6.07, 6.45) is 3.58. The highest BCUT2D eigenvalue weighted by atomic mass is 32.1. The number of thiophene rings is 1. The lowest BCUT2D eigenvalue weighted by molar-refractivity contribution is 0.103. The molecule has 1 N–H and O–H groups in total. The van der Waals surface area contributed by atoms with Crippen LogP contribution in [0.2, 0.25) is 0 Å². The molecule has 1 aliphatic heterocycles. The van der Waals surface area contributed by atoms with Crippen molar-refractivity contribution in [1.82, 2.24) is 10.3 Å². The fourth-order valence-electron chi connectivity index (χ4n) is 4.41. The number of carbonyl (C=O) groups excluding carboxylic acids is 1. The molecule has 1 aliphatic rings. The quantitative estimate of drug-likeness (QED) is 0.366. The van der Waals surface area contributed by atoms with E-state index >= 15 is 0 Å². The van der Waals surface area contributed by atoms with E-state index in [9.17, 15) is 4.79 Å². The number of amides is 1. The van der Waals surface area contributed by atoms with Crippen LogP contribution < -0.4 is 15.0 Å². The Kier molecular flexibility index (Phi) is 6.24. The summed E-state index contributed by atoms with van der Waals surface area (Å²) in [5.41, 5.74) is 7.33. The van der Waals surface area contributed by atoms with E-state index < -0.39 is 0 Å². The smallest absolute Gasteiger partial charge is 0.265 e. The number of nitrogens with one attached hydrogen (secondary N) is 1. The van der Waals surface area contributed by atoms with Gasteiger partial charge in [0.05, 0.1) is 16.3 Å². The van der Waals surface area contributed by atoms with Gasteiger partial charge in [-0.3, -0.25) is 4.79 Å². The fraction of sp³-hybridized carbons (Fsp3) is 0.346. The van der Waals surface area contributed by atoms with Crippen molar-refractivity contribution in [3.8, 4) is 5.75 Å². The van der Waals surface area contributed by atoms with Gasteiger partial charge >= 0.3 is 0 Å². The predicted octanol–water partition coefficient (Wildman–Crippen LogP) is 6.03. The Balaban J connectivity index is 1.29. The first kappa shape index (κ1) is 22.4. The average Bonchev–Trinajstić information content (AvgIpc) is 3.51. The van der Waals surface area contributed by atoms with Crippen LogP contribution in [0.15, 0.2) is 40.3 Å². The molecule has 0 aliphatic carbocycles. The van der Waals surface area contributed by atoms with Crippen molar-refractivity contribution in [1.29, 1.82) is 0 Å². The van der Waals surface area contributed by atoms with Gasteiger partial charge in [-0.15, -0.1) is 11.3 Å². The van der Waals surface area contributed by atoms with Gasteiger partial charge in [0.2, 0.25) is 0 Å². The first-order chi connectivity index (χ1) is 16.5. The van der Waals surface area contributed by atoms with Crippen molar-refractivity contribution in [2.45, 2.75) is 46.6 Å². The number of piperidine rings is 1. The van der Waals surface area contributed by atoms with E-state index in [0.717, 1.165) is 35.7 Å². The largest absolute Gasteiger partial charge is 0.489 e. The third-order valence-corrected chi connectivity index (χ3v) is 7.35. The zero-order valence-electron chi connectivity index (χ0n) is 19.7. The Morgan fingerprint density at radius 2 is 1.88 bits per heavy atom. The van der Waals surface area contributed by atoms with Gasteiger partial charge in [-0.25, -0.2) is 4.63 Å². The second kappa shape index (κ2) is 9.46. The van der Waals surface area contributed by atoms with Crippen molar-refractivity contribution in [3.05, 3.63) is 62.8 Å². The van der Waals surface area contributed by atoms with Crippen LogP contribution in [0.3, 0.4) is 0 Å². The van der Waals surface area contributed by atoms with Gasteiger partial charge in [-0.1, -0.05) is 6.07 Å². The van der Waals surface area contributed by atoms with Gasteiger partial charge in [0, 0.05) is 18.7 Å². The maximum atomic E-state index is 13.0. The molecule has 2 aromatic carbocycles. The van der Waals surface area contributed by atoms with Crippen molar-refractivity contribution in [2.24, 2.45) is 0 Å². The number of nitrogens with zero attached hydrogens (tertiary/aromatic N) is 3. The summed E-state index contributed by atoms with van der Waals surface area (Å²) < 4.78 is 11.1. The second-order valence-electron chi connectivity index (χ2n) is 8.91.